The van der Waals surface area contributed by atoms with Gasteiger partial charge in [0.25, 0.3) is 10.2 Å². The third-order valence-corrected chi connectivity index (χ3v) is 7.19. The second-order valence-corrected chi connectivity index (χ2v) is 8.37. The van der Waals surface area contributed by atoms with Crippen molar-refractivity contribution in [3.8, 4) is 5.75 Å². The van der Waals surface area contributed by atoms with Gasteiger partial charge in [-0.25, -0.2) is 0 Å². The van der Waals surface area contributed by atoms with Crippen LogP contribution in [0.25, 0.3) is 0 Å². The molecule has 6 nitrogen and oxygen atoms in total. The molecule has 0 aliphatic carbocycles. The smallest absolute Gasteiger partial charge is 0.282 e. The van der Waals surface area contributed by atoms with Gasteiger partial charge in [0.15, 0.2) is 0 Å². The van der Waals surface area contributed by atoms with E-state index in [1.54, 1.807) is 15.7 Å². The number of rotatable bonds is 4. The van der Waals surface area contributed by atoms with Crippen LogP contribution in [0.5, 0.6) is 5.75 Å². The number of hydrogen-bond acceptors (Lipinski definition) is 4. The summed E-state index contributed by atoms with van der Waals surface area (Å²) in [5.41, 5.74) is 0.917. The first-order chi connectivity index (χ1) is 11.6. The van der Waals surface area contributed by atoms with Crippen LogP contribution in [0.1, 0.15) is 37.8 Å². The lowest BCUT2D eigenvalue weighted by atomic mass is 10.0. The highest BCUT2D eigenvalue weighted by Gasteiger charge is 2.40. The third kappa shape index (κ3) is 3.31. The van der Waals surface area contributed by atoms with Crippen LogP contribution in [0, 0.1) is 0 Å². The summed E-state index contributed by atoms with van der Waals surface area (Å²) in [6.07, 6.45) is 2.98. The average Bonchev–Trinajstić information content (AvgIpc) is 2.62. The highest BCUT2D eigenvalue weighted by atomic mass is 32.2. The van der Waals surface area contributed by atoms with E-state index >= 15 is 0 Å². The lowest BCUT2D eigenvalue weighted by molar-refractivity contribution is 0.208. The minimum atomic E-state index is -3.49. The molecular weight excluding hydrogens is 326 g/mol. The van der Waals surface area contributed by atoms with Gasteiger partial charge in [0.2, 0.25) is 0 Å². The molecule has 134 valence electrons. The Labute approximate surface area is 145 Å². The molecule has 0 amide bonds. The maximum absolute atomic E-state index is 13.3. The standard InChI is InChI=1S/C17H27N3O3S/c1-14-7-5-6-11-19(14)24(21,22)20-12-10-18-13-16(20)15-8-3-4-9-17(15)23-2/h3-4,8-9,14,16,18H,5-7,10-13H2,1-2H3. The Kier molecular flexibility index (Phi) is 5.44. The molecule has 2 fully saturated rings. The number of para-hydroxylation sites is 1. The molecule has 2 heterocycles. The van der Waals surface area contributed by atoms with Crippen molar-refractivity contribution in [1.29, 1.82) is 0 Å². The summed E-state index contributed by atoms with van der Waals surface area (Å²) in [6, 6.07) is 7.51. The SMILES string of the molecule is COc1ccccc1C1CNCCN1S(=O)(=O)N1CCCCC1C. The molecule has 2 unspecified atom stereocenters. The van der Waals surface area contributed by atoms with Crippen molar-refractivity contribution in [2.75, 3.05) is 33.3 Å². The number of ether oxygens (including phenoxy) is 1. The van der Waals surface area contributed by atoms with E-state index in [0.717, 1.165) is 30.6 Å². The summed E-state index contributed by atoms with van der Waals surface area (Å²) in [6.45, 7) is 4.38. The summed E-state index contributed by atoms with van der Waals surface area (Å²) in [7, 11) is -1.86. The number of hydrogen-bond donors (Lipinski definition) is 1. The van der Waals surface area contributed by atoms with E-state index in [9.17, 15) is 8.42 Å². The van der Waals surface area contributed by atoms with Crippen LogP contribution in [0.2, 0.25) is 0 Å². The van der Waals surface area contributed by atoms with Crippen LogP contribution in [0.15, 0.2) is 24.3 Å². The van der Waals surface area contributed by atoms with Crippen LogP contribution in [0.4, 0.5) is 0 Å². The number of nitrogens with one attached hydrogen (secondary N) is 1. The molecule has 24 heavy (non-hydrogen) atoms. The first kappa shape index (κ1) is 17.7. The predicted molar refractivity (Wildman–Crippen MR) is 94.2 cm³/mol. The van der Waals surface area contributed by atoms with Crippen molar-refractivity contribution in [2.45, 2.75) is 38.3 Å². The lowest BCUT2D eigenvalue weighted by Crippen LogP contribution is -2.55. The number of methoxy groups -OCH3 is 1. The highest BCUT2D eigenvalue weighted by molar-refractivity contribution is 7.86. The molecule has 0 radical (unpaired) electrons. The summed E-state index contributed by atoms with van der Waals surface area (Å²) in [4.78, 5) is 0. The molecule has 2 aliphatic rings. The molecule has 0 saturated carbocycles. The van der Waals surface area contributed by atoms with Gasteiger partial charge in [-0.15, -0.1) is 0 Å². The van der Waals surface area contributed by atoms with Crippen molar-refractivity contribution in [2.24, 2.45) is 0 Å². The Morgan fingerprint density at radius 1 is 1.17 bits per heavy atom. The summed E-state index contributed by atoms with van der Waals surface area (Å²) < 4.78 is 35.4. The summed E-state index contributed by atoms with van der Waals surface area (Å²) in [5.74, 6) is 0.734. The maximum atomic E-state index is 13.3. The van der Waals surface area contributed by atoms with Crippen LogP contribution in [-0.2, 0) is 10.2 Å². The molecule has 3 rings (SSSR count). The summed E-state index contributed by atoms with van der Waals surface area (Å²) in [5, 5.41) is 3.32. The van der Waals surface area contributed by atoms with Gasteiger partial charge < -0.3 is 10.1 Å². The van der Waals surface area contributed by atoms with Gasteiger partial charge in [0.05, 0.1) is 13.2 Å². The normalized spacial score (nSPS) is 27.1. The first-order valence-corrected chi connectivity index (χ1v) is 10.1. The van der Waals surface area contributed by atoms with Crippen molar-refractivity contribution >= 4 is 10.2 Å². The molecule has 2 saturated heterocycles. The van der Waals surface area contributed by atoms with E-state index in [-0.39, 0.29) is 12.1 Å². The van der Waals surface area contributed by atoms with E-state index in [0.29, 0.717) is 26.2 Å². The first-order valence-electron chi connectivity index (χ1n) is 8.68. The van der Waals surface area contributed by atoms with Crippen molar-refractivity contribution in [3.63, 3.8) is 0 Å². The second kappa shape index (κ2) is 7.39. The van der Waals surface area contributed by atoms with E-state index < -0.39 is 10.2 Å². The lowest BCUT2D eigenvalue weighted by Gasteiger charge is -2.41. The minimum absolute atomic E-state index is 0.0666. The van der Waals surface area contributed by atoms with Gasteiger partial charge in [-0.3, -0.25) is 0 Å². The Hall–Kier alpha value is -1.15. The fourth-order valence-corrected chi connectivity index (χ4v) is 5.74. The molecule has 0 aromatic heterocycles. The molecule has 2 atom stereocenters. The Morgan fingerprint density at radius 3 is 2.71 bits per heavy atom. The average molecular weight is 353 g/mol. The van der Waals surface area contributed by atoms with Crippen LogP contribution in [-0.4, -0.2) is 56.4 Å². The van der Waals surface area contributed by atoms with Crippen LogP contribution in [0.3, 0.4) is 0 Å². The highest BCUT2D eigenvalue weighted by Crippen LogP contribution is 2.34. The fourth-order valence-electron chi connectivity index (χ4n) is 3.72. The van der Waals surface area contributed by atoms with Gasteiger partial charge in [-0.05, 0) is 25.8 Å². The zero-order chi connectivity index (χ0) is 17.2. The van der Waals surface area contributed by atoms with Crippen molar-refractivity contribution < 1.29 is 13.2 Å². The van der Waals surface area contributed by atoms with E-state index in [4.69, 9.17) is 4.74 Å². The second-order valence-electron chi connectivity index (χ2n) is 6.54. The van der Waals surface area contributed by atoms with Gasteiger partial charge in [0.1, 0.15) is 5.75 Å². The third-order valence-electron chi connectivity index (χ3n) is 5.03. The quantitative estimate of drug-likeness (QED) is 0.896. The molecule has 7 heteroatoms. The molecule has 0 bridgehead atoms. The maximum Gasteiger partial charge on any atom is 0.282 e. The Balaban J connectivity index is 1.94. The van der Waals surface area contributed by atoms with Crippen molar-refractivity contribution in [3.05, 3.63) is 29.8 Å². The Bertz CT molecular complexity index is 665. The molecule has 1 N–H and O–H groups in total. The zero-order valence-electron chi connectivity index (χ0n) is 14.4. The minimum Gasteiger partial charge on any atom is -0.496 e. The largest absolute Gasteiger partial charge is 0.496 e. The monoisotopic (exact) mass is 353 g/mol. The number of piperazine rings is 1. The number of benzene rings is 1. The molecular formula is C17H27N3O3S. The number of piperidine rings is 1. The summed E-state index contributed by atoms with van der Waals surface area (Å²) >= 11 is 0. The van der Waals surface area contributed by atoms with E-state index in [2.05, 4.69) is 5.32 Å². The fraction of sp³-hybridized carbons (Fsp3) is 0.647. The van der Waals surface area contributed by atoms with E-state index in [1.165, 1.54) is 0 Å². The Morgan fingerprint density at radius 2 is 1.96 bits per heavy atom. The van der Waals surface area contributed by atoms with Gasteiger partial charge in [-0.1, -0.05) is 24.6 Å². The van der Waals surface area contributed by atoms with Crippen LogP contribution < -0.4 is 10.1 Å². The molecule has 0 spiro atoms. The van der Waals surface area contributed by atoms with Gasteiger partial charge in [-0.2, -0.15) is 17.0 Å². The van der Waals surface area contributed by atoms with Crippen molar-refractivity contribution in [1.82, 2.24) is 13.9 Å². The van der Waals surface area contributed by atoms with E-state index in [1.807, 2.05) is 31.2 Å². The molecule has 1 aromatic carbocycles. The van der Waals surface area contributed by atoms with Crippen LogP contribution >= 0.6 is 0 Å². The molecule has 1 aromatic rings. The molecule has 2 aliphatic heterocycles. The van der Waals surface area contributed by atoms with Gasteiger partial charge >= 0.3 is 0 Å². The number of nitrogens with zero attached hydrogens (tertiary/aromatic N) is 2. The predicted octanol–water partition coefficient (Wildman–Crippen LogP) is 1.76. The zero-order valence-corrected chi connectivity index (χ0v) is 15.3. The van der Waals surface area contributed by atoms with Gasteiger partial charge in [0, 0.05) is 37.8 Å². The topological polar surface area (TPSA) is 61.9 Å².